The molecule has 1 aliphatic rings. The minimum atomic E-state index is 0.799. The van der Waals surface area contributed by atoms with Crippen LogP contribution in [0.5, 0.6) is 0 Å². The first-order valence-electron chi connectivity index (χ1n) is 9.29. The number of rotatable bonds is 5. The Hall–Kier alpha value is -2.60. The van der Waals surface area contributed by atoms with Crippen molar-refractivity contribution in [3.63, 3.8) is 0 Å². The number of hydrogen-bond acceptors (Lipinski definition) is 5. The van der Waals surface area contributed by atoms with Crippen LogP contribution in [0.25, 0.3) is 10.9 Å². The molecule has 26 heavy (non-hydrogen) atoms. The van der Waals surface area contributed by atoms with E-state index in [0.717, 1.165) is 67.2 Å². The molecule has 0 atom stereocenters. The summed E-state index contributed by atoms with van der Waals surface area (Å²) in [6.07, 6.45) is 2.08. The second-order valence-electron chi connectivity index (χ2n) is 6.71. The van der Waals surface area contributed by atoms with Gasteiger partial charge in [0.2, 0.25) is 0 Å². The third kappa shape index (κ3) is 3.37. The molecule has 1 aromatic carbocycles. The van der Waals surface area contributed by atoms with Gasteiger partial charge in [-0.05, 0) is 37.6 Å². The highest BCUT2D eigenvalue weighted by molar-refractivity contribution is 5.86. The predicted octanol–water partition coefficient (Wildman–Crippen LogP) is 3.80. The van der Waals surface area contributed by atoms with E-state index in [1.165, 1.54) is 11.4 Å². The van der Waals surface area contributed by atoms with E-state index in [4.69, 9.17) is 9.72 Å². The molecule has 0 spiro atoms. The van der Waals surface area contributed by atoms with Gasteiger partial charge in [-0.3, -0.25) is 5.10 Å². The van der Waals surface area contributed by atoms with Crippen LogP contribution in [0.4, 0.5) is 17.2 Å². The molecule has 6 nitrogen and oxygen atoms in total. The first-order chi connectivity index (χ1) is 12.7. The first-order valence-corrected chi connectivity index (χ1v) is 9.29. The van der Waals surface area contributed by atoms with Crippen LogP contribution >= 0.6 is 0 Å². The lowest BCUT2D eigenvalue weighted by Gasteiger charge is -2.28. The number of ether oxygens (including phenoxy) is 1. The lowest BCUT2D eigenvalue weighted by Crippen LogP contribution is -2.36. The van der Waals surface area contributed by atoms with Crippen molar-refractivity contribution in [3.8, 4) is 0 Å². The van der Waals surface area contributed by atoms with Crippen molar-refractivity contribution in [2.45, 2.75) is 26.7 Å². The fraction of sp³-hybridized carbons (Fsp3) is 0.400. The van der Waals surface area contributed by atoms with Crippen molar-refractivity contribution in [1.82, 2.24) is 15.2 Å². The molecule has 0 amide bonds. The van der Waals surface area contributed by atoms with E-state index in [2.05, 4.69) is 51.6 Å². The van der Waals surface area contributed by atoms with E-state index in [-0.39, 0.29) is 0 Å². The van der Waals surface area contributed by atoms with Gasteiger partial charge < -0.3 is 15.0 Å². The molecule has 6 heteroatoms. The number of hydrogen-bond donors (Lipinski definition) is 2. The number of aryl methyl sites for hydroxylation is 2. The maximum Gasteiger partial charge on any atom is 0.132 e. The van der Waals surface area contributed by atoms with E-state index in [0.29, 0.717) is 0 Å². The third-order valence-corrected chi connectivity index (χ3v) is 4.81. The van der Waals surface area contributed by atoms with Gasteiger partial charge in [0.25, 0.3) is 0 Å². The molecule has 136 valence electrons. The Morgan fingerprint density at radius 1 is 1.19 bits per heavy atom. The van der Waals surface area contributed by atoms with E-state index < -0.39 is 0 Å². The Balaban J connectivity index is 1.53. The molecule has 0 unspecified atom stereocenters. The van der Waals surface area contributed by atoms with Crippen molar-refractivity contribution >= 4 is 28.1 Å². The highest BCUT2D eigenvalue weighted by atomic mass is 16.5. The molecule has 4 rings (SSSR count). The summed E-state index contributed by atoms with van der Waals surface area (Å²) in [7, 11) is 0. The molecule has 0 radical (unpaired) electrons. The highest BCUT2D eigenvalue weighted by Gasteiger charge is 2.12. The summed E-state index contributed by atoms with van der Waals surface area (Å²) in [6.45, 7) is 7.71. The van der Waals surface area contributed by atoms with Gasteiger partial charge in [-0.2, -0.15) is 5.10 Å². The van der Waals surface area contributed by atoms with Crippen LogP contribution < -0.4 is 10.2 Å². The van der Waals surface area contributed by atoms with Crippen molar-refractivity contribution < 1.29 is 4.74 Å². The summed E-state index contributed by atoms with van der Waals surface area (Å²) in [5.74, 6) is 0.823. The van der Waals surface area contributed by atoms with Gasteiger partial charge in [-0.25, -0.2) is 4.98 Å². The Labute approximate surface area is 153 Å². The first kappa shape index (κ1) is 16.8. The van der Waals surface area contributed by atoms with Crippen molar-refractivity contribution in [1.29, 1.82) is 0 Å². The summed E-state index contributed by atoms with van der Waals surface area (Å²) in [5.41, 5.74) is 5.40. The zero-order valence-corrected chi connectivity index (χ0v) is 15.4. The number of aromatic amines is 1. The van der Waals surface area contributed by atoms with Gasteiger partial charge in [-0.15, -0.1) is 0 Å². The van der Waals surface area contributed by atoms with Crippen LogP contribution in [-0.4, -0.2) is 41.5 Å². The second-order valence-corrected chi connectivity index (χ2v) is 6.71. The summed E-state index contributed by atoms with van der Waals surface area (Å²) >= 11 is 0. The second kappa shape index (κ2) is 7.33. The van der Waals surface area contributed by atoms with Gasteiger partial charge in [0, 0.05) is 41.6 Å². The summed E-state index contributed by atoms with van der Waals surface area (Å²) < 4.78 is 5.42. The molecular formula is C20H25N5O. The largest absolute Gasteiger partial charge is 0.378 e. The molecule has 3 aromatic rings. The van der Waals surface area contributed by atoms with E-state index in [1.54, 1.807) is 0 Å². The number of fused-ring (bicyclic) bond motifs is 1. The number of anilines is 3. The molecule has 0 aliphatic carbocycles. The lowest BCUT2D eigenvalue weighted by atomic mass is 10.1. The van der Waals surface area contributed by atoms with Gasteiger partial charge in [-0.1, -0.05) is 13.3 Å². The number of morpholine rings is 1. The Bertz CT molecular complexity index is 881. The van der Waals surface area contributed by atoms with Crippen LogP contribution in [0.15, 0.2) is 30.3 Å². The summed E-state index contributed by atoms with van der Waals surface area (Å²) in [4.78, 5) is 7.07. The van der Waals surface area contributed by atoms with Crippen LogP contribution in [0.1, 0.15) is 24.7 Å². The van der Waals surface area contributed by atoms with Crippen molar-refractivity contribution in [2.75, 3.05) is 36.5 Å². The maximum absolute atomic E-state index is 5.42. The fourth-order valence-corrected chi connectivity index (χ4v) is 3.52. The van der Waals surface area contributed by atoms with Gasteiger partial charge in [0.15, 0.2) is 0 Å². The van der Waals surface area contributed by atoms with Crippen molar-refractivity contribution in [2.24, 2.45) is 0 Å². The number of aromatic nitrogens is 3. The number of nitrogens with one attached hydrogen (secondary N) is 2. The van der Waals surface area contributed by atoms with E-state index in [9.17, 15) is 0 Å². The topological polar surface area (TPSA) is 66.1 Å². The van der Waals surface area contributed by atoms with E-state index in [1.807, 2.05) is 13.0 Å². The SMILES string of the molecule is CCCc1[nH]nc2cc(Nc3ccc(N4CCOCC4)cc3)nc(C)c12. The minimum Gasteiger partial charge on any atom is -0.378 e. The van der Waals surface area contributed by atoms with Crippen LogP contribution in [0.2, 0.25) is 0 Å². The molecule has 2 N–H and O–H groups in total. The average molecular weight is 351 g/mol. The zero-order chi connectivity index (χ0) is 17.9. The molecule has 0 saturated carbocycles. The lowest BCUT2D eigenvalue weighted by molar-refractivity contribution is 0.122. The normalized spacial score (nSPS) is 14.8. The molecular weight excluding hydrogens is 326 g/mol. The van der Waals surface area contributed by atoms with Crippen LogP contribution in [0.3, 0.4) is 0 Å². The molecule has 1 fully saturated rings. The van der Waals surface area contributed by atoms with Gasteiger partial charge >= 0.3 is 0 Å². The summed E-state index contributed by atoms with van der Waals surface area (Å²) in [6, 6.07) is 10.5. The Morgan fingerprint density at radius 3 is 2.69 bits per heavy atom. The molecule has 3 heterocycles. The fourth-order valence-electron chi connectivity index (χ4n) is 3.52. The number of pyridine rings is 1. The van der Waals surface area contributed by atoms with Crippen LogP contribution in [-0.2, 0) is 11.2 Å². The zero-order valence-electron chi connectivity index (χ0n) is 15.4. The number of nitrogens with zero attached hydrogens (tertiary/aromatic N) is 3. The molecule has 2 aromatic heterocycles. The molecule has 1 saturated heterocycles. The quantitative estimate of drug-likeness (QED) is 0.732. The highest BCUT2D eigenvalue weighted by Crippen LogP contribution is 2.26. The molecule has 0 bridgehead atoms. The number of H-pyrrole nitrogens is 1. The standard InChI is InChI=1S/C20H25N5O/c1-3-4-17-20-14(2)21-19(13-18(20)24-23-17)22-15-5-7-16(8-6-15)25-9-11-26-12-10-25/h5-8,13H,3-4,9-12H2,1-2H3,(H,21,22)(H,23,24). The Morgan fingerprint density at radius 2 is 1.96 bits per heavy atom. The summed E-state index contributed by atoms with van der Waals surface area (Å²) in [5, 5.41) is 12.2. The minimum absolute atomic E-state index is 0.799. The molecule has 1 aliphatic heterocycles. The van der Waals surface area contributed by atoms with Crippen LogP contribution in [0, 0.1) is 6.92 Å². The maximum atomic E-state index is 5.42. The smallest absolute Gasteiger partial charge is 0.132 e. The van der Waals surface area contributed by atoms with E-state index >= 15 is 0 Å². The van der Waals surface area contributed by atoms with Gasteiger partial charge in [0.1, 0.15) is 5.82 Å². The van der Waals surface area contributed by atoms with Gasteiger partial charge in [0.05, 0.1) is 24.4 Å². The average Bonchev–Trinajstić information content (AvgIpc) is 3.07. The van der Waals surface area contributed by atoms with Crippen molar-refractivity contribution in [3.05, 3.63) is 41.7 Å². The third-order valence-electron chi connectivity index (χ3n) is 4.81. The monoisotopic (exact) mass is 351 g/mol. The number of benzene rings is 1. The Kier molecular flexibility index (Phi) is 4.75. The predicted molar refractivity (Wildman–Crippen MR) is 105 cm³/mol.